The molecule has 1 saturated heterocycles. The summed E-state index contributed by atoms with van der Waals surface area (Å²) in [5.41, 5.74) is -0.143. The van der Waals surface area contributed by atoms with Crippen molar-refractivity contribution in [2.45, 2.75) is 19.4 Å². The van der Waals surface area contributed by atoms with Crippen LogP contribution in [-0.2, 0) is 11.3 Å². The molecule has 2 rings (SSSR count). The first-order chi connectivity index (χ1) is 7.25. The van der Waals surface area contributed by atoms with E-state index in [-0.39, 0.29) is 11.4 Å². The first-order valence-electron chi connectivity index (χ1n) is 5.19. The molecule has 1 aliphatic heterocycles. The molecular weight excluding hydrogens is 197 g/mol. The Morgan fingerprint density at radius 1 is 1.53 bits per heavy atom. The summed E-state index contributed by atoms with van der Waals surface area (Å²) in [4.78, 5) is 11.3. The van der Waals surface area contributed by atoms with E-state index in [0.29, 0.717) is 12.5 Å². The molecule has 1 atom stereocenters. The monoisotopic (exact) mass is 211 g/mol. The van der Waals surface area contributed by atoms with Crippen LogP contribution in [-0.4, -0.2) is 17.8 Å². The van der Waals surface area contributed by atoms with Crippen LogP contribution in [0.5, 0.6) is 0 Å². The summed E-state index contributed by atoms with van der Waals surface area (Å²) < 4.78 is 19.5. The molecule has 0 bridgehead atoms. The molecule has 82 valence electrons. The van der Waals surface area contributed by atoms with E-state index in [1.807, 2.05) is 0 Å². The van der Waals surface area contributed by atoms with Gasteiger partial charge in [0, 0.05) is 32.0 Å². The third-order valence-electron chi connectivity index (χ3n) is 2.75. The lowest BCUT2D eigenvalue weighted by Crippen LogP contribution is -2.20. The van der Waals surface area contributed by atoms with E-state index in [1.54, 1.807) is 0 Å². The van der Waals surface area contributed by atoms with Gasteiger partial charge in [-0.15, -0.1) is 0 Å². The van der Waals surface area contributed by atoms with E-state index >= 15 is 0 Å². The van der Waals surface area contributed by atoms with Crippen LogP contribution in [0.25, 0.3) is 0 Å². The highest BCUT2D eigenvalue weighted by molar-refractivity contribution is 4.96. The summed E-state index contributed by atoms with van der Waals surface area (Å²) in [7, 11) is 0. The van der Waals surface area contributed by atoms with Crippen LogP contribution >= 0.6 is 0 Å². The smallest absolute Gasteiger partial charge is 0.250 e. The topological polar surface area (TPSA) is 31.2 Å². The fourth-order valence-corrected chi connectivity index (χ4v) is 1.81. The normalized spacial score (nSPS) is 20.7. The van der Waals surface area contributed by atoms with Crippen molar-refractivity contribution in [3.63, 3.8) is 0 Å². The highest BCUT2D eigenvalue weighted by Gasteiger charge is 2.15. The van der Waals surface area contributed by atoms with E-state index < -0.39 is 0 Å². The highest BCUT2D eigenvalue weighted by Crippen LogP contribution is 2.16. The van der Waals surface area contributed by atoms with Gasteiger partial charge in [0.25, 0.3) is 5.56 Å². The van der Waals surface area contributed by atoms with Gasteiger partial charge in [-0.2, -0.15) is 0 Å². The Labute approximate surface area is 87.5 Å². The van der Waals surface area contributed by atoms with Gasteiger partial charge in [-0.05, 0) is 24.8 Å². The van der Waals surface area contributed by atoms with Crippen LogP contribution in [0.15, 0.2) is 23.1 Å². The van der Waals surface area contributed by atoms with Crippen molar-refractivity contribution in [1.82, 2.24) is 4.57 Å². The number of hydrogen-bond acceptors (Lipinski definition) is 2. The van der Waals surface area contributed by atoms with E-state index in [2.05, 4.69) is 0 Å². The van der Waals surface area contributed by atoms with Gasteiger partial charge >= 0.3 is 0 Å². The minimum Gasteiger partial charge on any atom is -0.381 e. The lowest BCUT2D eigenvalue weighted by Gasteiger charge is -2.09. The zero-order chi connectivity index (χ0) is 10.7. The van der Waals surface area contributed by atoms with Gasteiger partial charge in [0.1, 0.15) is 5.82 Å². The predicted molar refractivity (Wildman–Crippen MR) is 54.2 cm³/mol. The maximum Gasteiger partial charge on any atom is 0.250 e. The van der Waals surface area contributed by atoms with Crippen molar-refractivity contribution in [3.8, 4) is 0 Å². The standard InChI is InChI=1S/C11H14FNO2/c12-10-1-2-11(14)13(7-10)5-3-9-4-6-15-8-9/h1-2,7,9H,3-6,8H2. The highest BCUT2D eigenvalue weighted by atomic mass is 19.1. The lowest BCUT2D eigenvalue weighted by atomic mass is 10.1. The zero-order valence-corrected chi connectivity index (χ0v) is 8.49. The molecule has 0 radical (unpaired) electrons. The van der Waals surface area contributed by atoms with Crippen LogP contribution in [0.3, 0.4) is 0 Å². The Bertz CT molecular complexity index is 382. The molecule has 0 aromatic carbocycles. The van der Waals surface area contributed by atoms with E-state index in [1.165, 1.54) is 22.9 Å². The molecule has 0 amide bonds. The number of rotatable bonds is 3. The van der Waals surface area contributed by atoms with Gasteiger partial charge in [-0.25, -0.2) is 4.39 Å². The van der Waals surface area contributed by atoms with Gasteiger partial charge in [-0.3, -0.25) is 4.79 Å². The Morgan fingerprint density at radius 2 is 2.40 bits per heavy atom. The second-order valence-electron chi connectivity index (χ2n) is 3.90. The zero-order valence-electron chi connectivity index (χ0n) is 8.49. The number of aryl methyl sites for hydroxylation is 1. The molecular formula is C11H14FNO2. The largest absolute Gasteiger partial charge is 0.381 e. The number of ether oxygens (including phenoxy) is 1. The first kappa shape index (κ1) is 10.4. The van der Waals surface area contributed by atoms with Crippen LogP contribution in [0, 0.1) is 11.7 Å². The summed E-state index contributed by atoms with van der Waals surface area (Å²) in [6, 6.07) is 2.46. The Hall–Kier alpha value is -1.16. The van der Waals surface area contributed by atoms with Crippen molar-refractivity contribution in [2.75, 3.05) is 13.2 Å². The van der Waals surface area contributed by atoms with Crippen molar-refractivity contribution < 1.29 is 9.13 Å². The predicted octanol–water partition coefficient (Wildman–Crippen LogP) is 1.41. The van der Waals surface area contributed by atoms with Crippen LogP contribution in [0.4, 0.5) is 4.39 Å². The molecule has 0 spiro atoms. The summed E-state index contributed by atoms with van der Waals surface area (Å²) >= 11 is 0. The van der Waals surface area contributed by atoms with Crippen molar-refractivity contribution >= 4 is 0 Å². The van der Waals surface area contributed by atoms with Gasteiger partial charge < -0.3 is 9.30 Å². The second-order valence-corrected chi connectivity index (χ2v) is 3.90. The molecule has 15 heavy (non-hydrogen) atoms. The maximum atomic E-state index is 12.9. The molecule has 2 heterocycles. The van der Waals surface area contributed by atoms with E-state index in [0.717, 1.165) is 26.1 Å². The van der Waals surface area contributed by atoms with Gasteiger partial charge in [0.05, 0.1) is 0 Å². The molecule has 0 saturated carbocycles. The average Bonchev–Trinajstić information content (AvgIpc) is 2.72. The van der Waals surface area contributed by atoms with Crippen LogP contribution in [0.1, 0.15) is 12.8 Å². The third kappa shape index (κ3) is 2.65. The quantitative estimate of drug-likeness (QED) is 0.757. The van der Waals surface area contributed by atoms with Gasteiger partial charge in [0.2, 0.25) is 0 Å². The minimum absolute atomic E-state index is 0.143. The van der Waals surface area contributed by atoms with Crippen LogP contribution < -0.4 is 5.56 Å². The molecule has 1 fully saturated rings. The SMILES string of the molecule is O=c1ccc(F)cn1CCC1CCOC1. The Balaban J connectivity index is 1.97. The van der Waals surface area contributed by atoms with Gasteiger partial charge in [0.15, 0.2) is 0 Å². The third-order valence-corrected chi connectivity index (χ3v) is 2.75. The summed E-state index contributed by atoms with van der Waals surface area (Å²) in [5.74, 6) is 0.150. The van der Waals surface area contributed by atoms with Crippen molar-refractivity contribution in [2.24, 2.45) is 5.92 Å². The molecule has 4 heteroatoms. The maximum absolute atomic E-state index is 12.9. The number of halogens is 1. The number of pyridine rings is 1. The summed E-state index contributed by atoms with van der Waals surface area (Å²) in [6.45, 7) is 2.15. The molecule has 0 aliphatic carbocycles. The molecule has 1 aromatic heterocycles. The number of nitrogens with zero attached hydrogens (tertiary/aromatic N) is 1. The molecule has 0 N–H and O–H groups in total. The lowest BCUT2D eigenvalue weighted by molar-refractivity contribution is 0.183. The first-order valence-corrected chi connectivity index (χ1v) is 5.19. The fraction of sp³-hybridized carbons (Fsp3) is 0.545. The minimum atomic E-state index is -0.364. The molecule has 3 nitrogen and oxygen atoms in total. The van der Waals surface area contributed by atoms with Gasteiger partial charge in [-0.1, -0.05) is 0 Å². The Morgan fingerprint density at radius 3 is 3.13 bits per heavy atom. The number of aromatic nitrogens is 1. The molecule has 1 aromatic rings. The summed E-state index contributed by atoms with van der Waals surface area (Å²) in [6.07, 6.45) is 3.19. The van der Waals surface area contributed by atoms with E-state index in [4.69, 9.17) is 4.74 Å². The van der Waals surface area contributed by atoms with Crippen molar-refractivity contribution in [3.05, 3.63) is 34.5 Å². The Kier molecular flexibility index (Phi) is 3.16. The summed E-state index contributed by atoms with van der Waals surface area (Å²) in [5, 5.41) is 0. The average molecular weight is 211 g/mol. The second kappa shape index (κ2) is 4.57. The molecule has 1 unspecified atom stereocenters. The van der Waals surface area contributed by atoms with Crippen molar-refractivity contribution in [1.29, 1.82) is 0 Å². The molecule has 1 aliphatic rings. The van der Waals surface area contributed by atoms with Crippen LogP contribution in [0.2, 0.25) is 0 Å². The van der Waals surface area contributed by atoms with E-state index in [9.17, 15) is 9.18 Å². The number of hydrogen-bond donors (Lipinski definition) is 0. The fourth-order valence-electron chi connectivity index (χ4n) is 1.81.